The Hall–Kier alpha value is -2.51. The van der Waals surface area contributed by atoms with Crippen LogP contribution >= 0.6 is 27.3 Å². The number of aromatic nitrogens is 2. The molecule has 0 N–H and O–H groups in total. The van der Waals surface area contributed by atoms with Crippen molar-refractivity contribution in [3.05, 3.63) is 67.4 Å². The van der Waals surface area contributed by atoms with Crippen LogP contribution < -0.4 is 14.8 Å². The molecule has 2 heterocycles. The maximum Gasteiger partial charge on any atom is 0.308 e. The molecule has 0 aliphatic rings. The van der Waals surface area contributed by atoms with E-state index in [2.05, 4.69) is 20.9 Å². The highest BCUT2D eigenvalue weighted by atomic mass is 79.9. The van der Waals surface area contributed by atoms with E-state index in [1.807, 2.05) is 24.3 Å². The first-order chi connectivity index (χ1) is 12.0. The SMILES string of the molecule is CC(=O)Oc1ccc(Br)cc1/C=c1\sc2nc3ccccc3n2c1=O. The lowest BCUT2D eigenvalue weighted by molar-refractivity contribution is -0.131. The van der Waals surface area contributed by atoms with Crippen LogP contribution in [-0.2, 0) is 4.79 Å². The molecule has 124 valence electrons. The summed E-state index contributed by atoms with van der Waals surface area (Å²) in [5, 5.41) is 0. The van der Waals surface area contributed by atoms with Crippen LogP contribution in [0.5, 0.6) is 5.75 Å². The molecule has 0 spiro atoms. The van der Waals surface area contributed by atoms with Crippen molar-refractivity contribution < 1.29 is 9.53 Å². The van der Waals surface area contributed by atoms with Gasteiger partial charge in [-0.2, -0.15) is 0 Å². The summed E-state index contributed by atoms with van der Waals surface area (Å²) in [6.07, 6.45) is 1.72. The van der Waals surface area contributed by atoms with E-state index in [0.717, 1.165) is 15.5 Å². The molecule has 4 aromatic rings. The molecule has 0 saturated heterocycles. The number of rotatable bonds is 2. The number of para-hydroxylation sites is 2. The first-order valence-electron chi connectivity index (χ1n) is 7.42. The number of benzene rings is 2. The van der Waals surface area contributed by atoms with Crippen molar-refractivity contribution in [1.29, 1.82) is 0 Å². The number of esters is 1. The number of ether oxygens (including phenoxy) is 1. The van der Waals surface area contributed by atoms with Gasteiger partial charge in [0.2, 0.25) is 0 Å². The van der Waals surface area contributed by atoms with Crippen LogP contribution in [0.15, 0.2) is 51.7 Å². The summed E-state index contributed by atoms with van der Waals surface area (Å²) in [6.45, 7) is 1.34. The van der Waals surface area contributed by atoms with Crippen molar-refractivity contribution in [3.63, 3.8) is 0 Å². The Labute approximate surface area is 154 Å². The summed E-state index contributed by atoms with van der Waals surface area (Å²) in [6, 6.07) is 12.8. The average molecular weight is 415 g/mol. The first kappa shape index (κ1) is 16.0. The number of hydrogen-bond acceptors (Lipinski definition) is 5. The van der Waals surface area contributed by atoms with Crippen LogP contribution in [0.2, 0.25) is 0 Å². The second-order valence-corrected chi connectivity index (χ2v) is 7.33. The van der Waals surface area contributed by atoms with Crippen LogP contribution in [0, 0.1) is 0 Å². The third-order valence-electron chi connectivity index (χ3n) is 3.66. The Kier molecular flexibility index (Phi) is 3.89. The molecule has 0 fully saturated rings. The van der Waals surface area contributed by atoms with Gasteiger partial charge in [-0.3, -0.25) is 9.59 Å². The minimum absolute atomic E-state index is 0.137. The van der Waals surface area contributed by atoms with Crippen molar-refractivity contribution in [3.8, 4) is 5.75 Å². The van der Waals surface area contributed by atoms with Crippen LogP contribution in [0.4, 0.5) is 0 Å². The summed E-state index contributed by atoms with van der Waals surface area (Å²) >= 11 is 4.71. The fourth-order valence-corrected chi connectivity index (χ4v) is 3.99. The third-order valence-corrected chi connectivity index (χ3v) is 5.12. The Morgan fingerprint density at radius 1 is 1.28 bits per heavy atom. The van der Waals surface area contributed by atoms with Gasteiger partial charge in [0.05, 0.1) is 15.6 Å². The maximum absolute atomic E-state index is 12.8. The lowest BCUT2D eigenvalue weighted by Crippen LogP contribution is -2.22. The van der Waals surface area contributed by atoms with Crippen molar-refractivity contribution in [1.82, 2.24) is 9.38 Å². The number of thiazole rings is 1. The number of imidazole rings is 1. The molecule has 0 aliphatic heterocycles. The lowest BCUT2D eigenvalue weighted by atomic mass is 10.2. The predicted octanol–water partition coefficient (Wildman–Crippen LogP) is 3.14. The minimum Gasteiger partial charge on any atom is -0.426 e. The molecule has 2 aromatic heterocycles. The van der Waals surface area contributed by atoms with Crippen molar-refractivity contribution in [2.24, 2.45) is 0 Å². The molecular weight excluding hydrogens is 404 g/mol. The topological polar surface area (TPSA) is 60.7 Å². The van der Waals surface area contributed by atoms with E-state index < -0.39 is 5.97 Å². The van der Waals surface area contributed by atoms with Gasteiger partial charge in [0.15, 0.2) is 4.96 Å². The van der Waals surface area contributed by atoms with E-state index in [1.54, 1.807) is 28.7 Å². The van der Waals surface area contributed by atoms with E-state index in [0.29, 0.717) is 20.8 Å². The highest BCUT2D eigenvalue weighted by molar-refractivity contribution is 9.10. The van der Waals surface area contributed by atoms with E-state index in [4.69, 9.17) is 4.74 Å². The van der Waals surface area contributed by atoms with Crippen molar-refractivity contribution >= 4 is 55.3 Å². The fourth-order valence-electron chi connectivity index (χ4n) is 2.63. The van der Waals surface area contributed by atoms with Crippen LogP contribution in [0.25, 0.3) is 22.1 Å². The molecule has 0 amide bonds. The largest absolute Gasteiger partial charge is 0.426 e. The Balaban J connectivity index is 1.96. The van der Waals surface area contributed by atoms with Gasteiger partial charge in [0.1, 0.15) is 5.75 Å². The smallest absolute Gasteiger partial charge is 0.308 e. The van der Waals surface area contributed by atoms with E-state index in [9.17, 15) is 9.59 Å². The molecule has 25 heavy (non-hydrogen) atoms. The standard InChI is InChI=1S/C18H11BrN2O3S/c1-10(22)24-15-7-6-12(19)8-11(15)9-16-17(23)21-14-5-3-2-4-13(14)20-18(21)25-16/h2-9H,1H3/b16-9-. The number of hydrogen-bond donors (Lipinski definition) is 0. The summed E-state index contributed by atoms with van der Waals surface area (Å²) in [5.74, 6) is -0.00251. The summed E-state index contributed by atoms with van der Waals surface area (Å²) in [4.78, 5) is 29.2. The zero-order valence-electron chi connectivity index (χ0n) is 13.0. The van der Waals surface area contributed by atoms with E-state index >= 15 is 0 Å². The summed E-state index contributed by atoms with van der Waals surface area (Å²) in [5.41, 5.74) is 2.09. The van der Waals surface area contributed by atoms with Crippen LogP contribution in [0.3, 0.4) is 0 Å². The molecule has 0 atom stereocenters. The van der Waals surface area contributed by atoms with Crippen LogP contribution in [-0.4, -0.2) is 15.4 Å². The molecule has 0 saturated carbocycles. The van der Waals surface area contributed by atoms with Gasteiger partial charge in [-0.05, 0) is 36.4 Å². The normalized spacial score (nSPS) is 12.2. The molecule has 0 aliphatic carbocycles. The molecule has 7 heteroatoms. The van der Waals surface area contributed by atoms with Gasteiger partial charge in [0, 0.05) is 17.0 Å². The molecule has 0 bridgehead atoms. The van der Waals surface area contributed by atoms with Gasteiger partial charge in [-0.15, -0.1) is 0 Å². The van der Waals surface area contributed by atoms with Crippen molar-refractivity contribution in [2.45, 2.75) is 6.92 Å². The third kappa shape index (κ3) is 2.85. The van der Waals surface area contributed by atoms with Gasteiger partial charge < -0.3 is 4.74 Å². The van der Waals surface area contributed by atoms with Gasteiger partial charge in [0.25, 0.3) is 5.56 Å². The van der Waals surface area contributed by atoms with Gasteiger partial charge >= 0.3 is 5.97 Å². The predicted molar refractivity (Wildman–Crippen MR) is 101 cm³/mol. The molecule has 0 unspecified atom stereocenters. The number of carbonyl (C=O) groups is 1. The summed E-state index contributed by atoms with van der Waals surface area (Å²) < 4.78 is 8.19. The molecular formula is C18H11BrN2O3S. The second kappa shape index (κ2) is 6.09. The number of carbonyl (C=O) groups excluding carboxylic acids is 1. The minimum atomic E-state index is -0.411. The van der Waals surface area contributed by atoms with E-state index in [1.165, 1.54) is 18.3 Å². The lowest BCUT2D eigenvalue weighted by Gasteiger charge is -2.05. The number of halogens is 1. The highest BCUT2D eigenvalue weighted by Crippen LogP contribution is 2.24. The van der Waals surface area contributed by atoms with Gasteiger partial charge in [-0.1, -0.05) is 39.4 Å². The maximum atomic E-state index is 12.8. The zero-order valence-corrected chi connectivity index (χ0v) is 15.4. The number of nitrogens with zero attached hydrogens (tertiary/aromatic N) is 2. The summed E-state index contributed by atoms with van der Waals surface area (Å²) in [7, 11) is 0. The van der Waals surface area contributed by atoms with Gasteiger partial charge in [-0.25, -0.2) is 9.38 Å². The first-order valence-corrected chi connectivity index (χ1v) is 9.03. The average Bonchev–Trinajstić information content (AvgIpc) is 3.07. The second-order valence-electron chi connectivity index (χ2n) is 5.41. The quantitative estimate of drug-likeness (QED) is 0.373. The Morgan fingerprint density at radius 3 is 2.88 bits per heavy atom. The Bertz CT molecular complexity index is 1240. The number of fused-ring (bicyclic) bond motifs is 3. The highest BCUT2D eigenvalue weighted by Gasteiger charge is 2.12. The zero-order chi connectivity index (χ0) is 17.6. The molecule has 2 aromatic carbocycles. The fraction of sp³-hybridized carbons (Fsp3) is 0.0556. The van der Waals surface area contributed by atoms with E-state index in [-0.39, 0.29) is 5.56 Å². The van der Waals surface area contributed by atoms with Crippen molar-refractivity contribution in [2.75, 3.05) is 0 Å². The molecule has 0 radical (unpaired) electrons. The molecule has 4 rings (SSSR count). The monoisotopic (exact) mass is 414 g/mol. The Morgan fingerprint density at radius 2 is 2.08 bits per heavy atom. The molecule has 5 nitrogen and oxygen atoms in total. The van der Waals surface area contributed by atoms with Crippen LogP contribution in [0.1, 0.15) is 12.5 Å².